The van der Waals surface area contributed by atoms with Crippen LogP contribution in [0.25, 0.3) is 56.1 Å². The Hall–Kier alpha value is -4.72. The van der Waals surface area contributed by atoms with Crippen molar-refractivity contribution < 1.29 is 9.84 Å². The number of nitrogens with zero attached hydrogens (tertiary/aromatic N) is 4. The van der Waals surface area contributed by atoms with Gasteiger partial charge in [0.05, 0.1) is 29.5 Å². The van der Waals surface area contributed by atoms with Crippen LogP contribution in [0.1, 0.15) is 0 Å². The Kier molecular flexibility index (Phi) is 4.29. The second-order valence-corrected chi connectivity index (χ2v) is 7.59. The minimum atomic E-state index is 0.191. The molecule has 33 heavy (non-hydrogen) atoms. The molecule has 6 aromatic rings. The molecule has 4 heterocycles. The number of pyridine rings is 2. The molecule has 2 aromatic carbocycles. The number of fused-ring (bicyclic) bond motifs is 2. The maximum absolute atomic E-state index is 9.84. The van der Waals surface area contributed by atoms with Crippen LogP contribution in [-0.4, -0.2) is 42.3 Å². The number of phenols is 1. The van der Waals surface area contributed by atoms with Gasteiger partial charge < -0.3 is 14.8 Å². The van der Waals surface area contributed by atoms with Crippen molar-refractivity contribution in [1.82, 2.24) is 30.1 Å². The van der Waals surface area contributed by atoms with E-state index in [1.807, 2.05) is 48.5 Å². The molecule has 0 spiro atoms. The van der Waals surface area contributed by atoms with E-state index >= 15 is 0 Å². The lowest BCUT2D eigenvalue weighted by molar-refractivity contribution is 0.415. The zero-order valence-corrected chi connectivity index (χ0v) is 17.6. The number of methoxy groups -OCH3 is 1. The molecule has 0 amide bonds. The standard InChI is InChI=1S/C25H18N6O2/c1-33-17-7-3-5-15(13-17)21-22-19(10-11-26-21)28-25(29-22)24-23-20(30-31-24)9-8-18(27-23)14-4-2-6-16(32)12-14/h2-13,32H,1H3,(H,28,29)(H,30,31). The van der Waals surface area contributed by atoms with Gasteiger partial charge in [0, 0.05) is 17.3 Å². The second kappa shape index (κ2) is 7.45. The summed E-state index contributed by atoms with van der Waals surface area (Å²) in [4.78, 5) is 17.5. The van der Waals surface area contributed by atoms with E-state index in [2.05, 4.69) is 20.2 Å². The minimum absolute atomic E-state index is 0.191. The minimum Gasteiger partial charge on any atom is -0.508 e. The highest BCUT2D eigenvalue weighted by atomic mass is 16.5. The number of benzene rings is 2. The van der Waals surface area contributed by atoms with Gasteiger partial charge in [-0.05, 0) is 42.5 Å². The maximum atomic E-state index is 9.84. The maximum Gasteiger partial charge on any atom is 0.161 e. The molecular weight excluding hydrogens is 416 g/mol. The molecule has 0 saturated carbocycles. The van der Waals surface area contributed by atoms with Crippen molar-refractivity contribution in [2.45, 2.75) is 0 Å². The van der Waals surface area contributed by atoms with Crippen LogP contribution in [0.5, 0.6) is 11.5 Å². The highest BCUT2D eigenvalue weighted by Gasteiger charge is 2.17. The highest BCUT2D eigenvalue weighted by Crippen LogP contribution is 2.32. The fourth-order valence-electron chi connectivity index (χ4n) is 3.92. The van der Waals surface area contributed by atoms with Crippen molar-refractivity contribution in [2.24, 2.45) is 0 Å². The zero-order chi connectivity index (χ0) is 22.4. The number of hydrogen-bond acceptors (Lipinski definition) is 6. The smallest absolute Gasteiger partial charge is 0.161 e. The lowest BCUT2D eigenvalue weighted by atomic mass is 10.1. The van der Waals surface area contributed by atoms with Crippen LogP contribution >= 0.6 is 0 Å². The number of imidazole rings is 1. The first-order chi connectivity index (χ1) is 16.2. The summed E-state index contributed by atoms with van der Waals surface area (Å²) in [6.45, 7) is 0. The lowest BCUT2D eigenvalue weighted by Gasteiger charge is -2.04. The Bertz CT molecular complexity index is 1640. The number of aromatic nitrogens is 6. The predicted octanol–water partition coefficient (Wildman–Crippen LogP) is 4.94. The van der Waals surface area contributed by atoms with E-state index in [0.717, 1.165) is 44.8 Å². The molecule has 0 bridgehead atoms. The third-order valence-electron chi connectivity index (χ3n) is 5.52. The molecule has 0 fully saturated rings. The molecule has 3 N–H and O–H groups in total. The monoisotopic (exact) mass is 434 g/mol. The number of nitrogens with one attached hydrogen (secondary N) is 2. The molecule has 0 atom stereocenters. The molecule has 0 aliphatic heterocycles. The third kappa shape index (κ3) is 3.25. The van der Waals surface area contributed by atoms with Crippen molar-refractivity contribution in [1.29, 1.82) is 0 Å². The molecule has 0 radical (unpaired) electrons. The topological polar surface area (TPSA) is 113 Å². The third-order valence-corrected chi connectivity index (χ3v) is 5.52. The molecule has 8 nitrogen and oxygen atoms in total. The van der Waals surface area contributed by atoms with E-state index in [1.54, 1.807) is 31.5 Å². The van der Waals surface area contributed by atoms with E-state index in [0.29, 0.717) is 17.0 Å². The molecule has 0 saturated heterocycles. The number of H-pyrrole nitrogens is 2. The fourth-order valence-corrected chi connectivity index (χ4v) is 3.92. The molecule has 0 aliphatic rings. The zero-order valence-electron chi connectivity index (χ0n) is 17.6. The molecule has 8 heteroatoms. The van der Waals surface area contributed by atoms with Gasteiger partial charge in [-0.2, -0.15) is 5.10 Å². The average Bonchev–Trinajstić information content (AvgIpc) is 3.47. The molecular formula is C25H18N6O2. The molecule has 0 unspecified atom stereocenters. The Morgan fingerprint density at radius 1 is 0.818 bits per heavy atom. The first kappa shape index (κ1) is 19.0. The van der Waals surface area contributed by atoms with Crippen molar-refractivity contribution in [3.8, 4) is 45.5 Å². The van der Waals surface area contributed by atoms with Gasteiger partial charge in [0.15, 0.2) is 11.5 Å². The van der Waals surface area contributed by atoms with Crippen LogP contribution in [0.2, 0.25) is 0 Å². The summed E-state index contributed by atoms with van der Waals surface area (Å²) in [5.74, 6) is 1.54. The summed E-state index contributed by atoms with van der Waals surface area (Å²) in [5.41, 5.74) is 6.88. The summed E-state index contributed by atoms with van der Waals surface area (Å²) < 4.78 is 5.36. The van der Waals surface area contributed by atoms with Crippen molar-refractivity contribution in [2.75, 3.05) is 7.11 Å². The van der Waals surface area contributed by atoms with Gasteiger partial charge in [-0.3, -0.25) is 10.1 Å². The highest BCUT2D eigenvalue weighted by molar-refractivity contribution is 5.95. The number of phenolic OH excluding ortho intramolecular Hbond substituents is 1. The number of ether oxygens (including phenoxy) is 1. The summed E-state index contributed by atoms with van der Waals surface area (Å²) in [6, 6.07) is 20.4. The van der Waals surface area contributed by atoms with Crippen LogP contribution in [0, 0.1) is 0 Å². The molecule has 0 aliphatic carbocycles. The van der Waals surface area contributed by atoms with Gasteiger partial charge in [-0.25, -0.2) is 9.97 Å². The van der Waals surface area contributed by atoms with E-state index in [-0.39, 0.29) is 5.75 Å². The lowest BCUT2D eigenvalue weighted by Crippen LogP contribution is -1.88. The van der Waals surface area contributed by atoms with Gasteiger partial charge in [0.1, 0.15) is 22.5 Å². The number of rotatable bonds is 4. The van der Waals surface area contributed by atoms with E-state index < -0.39 is 0 Å². The average molecular weight is 434 g/mol. The van der Waals surface area contributed by atoms with Crippen LogP contribution < -0.4 is 4.74 Å². The largest absolute Gasteiger partial charge is 0.508 e. The number of aromatic hydroxyl groups is 1. The fraction of sp³-hybridized carbons (Fsp3) is 0.0400. The van der Waals surface area contributed by atoms with Crippen molar-refractivity contribution in [3.63, 3.8) is 0 Å². The molecule has 6 rings (SSSR count). The van der Waals surface area contributed by atoms with E-state index in [4.69, 9.17) is 14.7 Å². The van der Waals surface area contributed by atoms with Gasteiger partial charge in [-0.15, -0.1) is 0 Å². The quantitative estimate of drug-likeness (QED) is 0.362. The SMILES string of the molecule is COc1cccc(-c2nccc3[nH]c(-c4n[nH]c5ccc(-c6cccc(O)c6)nc45)nc23)c1. The van der Waals surface area contributed by atoms with Crippen LogP contribution in [0.15, 0.2) is 72.9 Å². The summed E-state index contributed by atoms with van der Waals surface area (Å²) in [5, 5.41) is 17.3. The van der Waals surface area contributed by atoms with Gasteiger partial charge >= 0.3 is 0 Å². The summed E-state index contributed by atoms with van der Waals surface area (Å²) in [7, 11) is 1.64. The normalized spacial score (nSPS) is 11.3. The Labute approximate surface area is 188 Å². The van der Waals surface area contributed by atoms with Crippen LogP contribution in [0.4, 0.5) is 0 Å². The Morgan fingerprint density at radius 2 is 1.67 bits per heavy atom. The van der Waals surface area contributed by atoms with Crippen molar-refractivity contribution >= 4 is 22.1 Å². The summed E-state index contributed by atoms with van der Waals surface area (Å²) >= 11 is 0. The van der Waals surface area contributed by atoms with Crippen molar-refractivity contribution in [3.05, 3.63) is 72.9 Å². The van der Waals surface area contributed by atoms with Crippen LogP contribution in [0.3, 0.4) is 0 Å². The van der Waals surface area contributed by atoms with Gasteiger partial charge in [0.25, 0.3) is 0 Å². The second-order valence-electron chi connectivity index (χ2n) is 7.59. The number of aromatic amines is 2. The van der Waals surface area contributed by atoms with Crippen LogP contribution in [-0.2, 0) is 0 Å². The number of hydrogen-bond donors (Lipinski definition) is 3. The first-order valence-electron chi connectivity index (χ1n) is 10.3. The first-order valence-corrected chi connectivity index (χ1v) is 10.3. The van der Waals surface area contributed by atoms with E-state index in [9.17, 15) is 5.11 Å². The van der Waals surface area contributed by atoms with Gasteiger partial charge in [0.2, 0.25) is 0 Å². The van der Waals surface area contributed by atoms with Gasteiger partial charge in [-0.1, -0.05) is 24.3 Å². The molecule has 4 aromatic heterocycles. The molecule has 160 valence electrons. The predicted molar refractivity (Wildman–Crippen MR) is 126 cm³/mol. The Morgan fingerprint density at radius 3 is 2.55 bits per heavy atom. The summed E-state index contributed by atoms with van der Waals surface area (Å²) in [6.07, 6.45) is 1.75. The van der Waals surface area contributed by atoms with E-state index in [1.165, 1.54) is 0 Å². The Balaban J connectivity index is 1.49.